The Morgan fingerprint density at radius 2 is 0.593 bits per heavy atom. The van der Waals surface area contributed by atoms with Gasteiger partial charge in [-0.2, -0.15) is 0 Å². The zero-order valence-electron chi connectivity index (χ0n) is 83.1. The van der Waals surface area contributed by atoms with Crippen LogP contribution in [0.2, 0.25) is 20.1 Å². The fraction of sp³-hybridized carbons (Fsp3) is 0.280. The molecule has 4 aromatic heterocycles. The minimum Gasteiger partial charge on any atom is -0.479 e. The number of cyclic esters (lactones) is 3. The van der Waals surface area contributed by atoms with Gasteiger partial charge in [-0.3, -0.25) is 29.5 Å². The molecule has 0 saturated carbocycles. The van der Waals surface area contributed by atoms with Crippen LogP contribution in [-0.2, 0) is 97.3 Å². The van der Waals surface area contributed by atoms with E-state index in [9.17, 15) is 43.8 Å². The number of carboxylic acids is 2. The molecule has 3 saturated heterocycles. The van der Waals surface area contributed by atoms with E-state index in [1.54, 1.807) is 38.1 Å². The molecule has 3 N–H and O–H groups in total. The summed E-state index contributed by atoms with van der Waals surface area (Å²) < 4.78 is 39.0. The van der Waals surface area contributed by atoms with Gasteiger partial charge in [0.1, 0.15) is 19.8 Å². The van der Waals surface area contributed by atoms with Gasteiger partial charge in [0.05, 0.1) is 40.2 Å². The number of nitrogens with one attached hydrogen (secondary N) is 1. The van der Waals surface area contributed by atoms with Gasteiger partial charge >= 0.3 is 30.2 Å². The number of nitrogens with zero attached hydrogens (tertiary/aromatic N) is 6. The molecule has 23 nitrogen and oxygen atoms in total. The fourth-order valence-corrected chi connectivity index (χ4v) is 19.3. The maximum atomic E-state index is 14.2. The normalized spacial score (nSPS) is 15.0. The number of hydrogen-bond acceptors (Lipinski definition) is 18. The predicted molar refractivity (Wildman–Crippen MR) is 571 cm³/mol. The molecular weight excluding hydrogens is 1910 g/mol. The van der Waals surface area contributed by atoms with Crippen LogP contribution < -0.4 is 5.32 Å². The minimum atomic E-state index is -1.09. The number of carboxylic acid groups (broad SMARTS) is 2. The number of rotatable bonds is 30. The van der Waals surface area contributed by atoms with E-state index in [4.69, 9.17) is 89.5 Å². The van der Waals surface area contributed by atoms with Crippen molar-refractivity contribution in [1.29, 1.82) is 0 Å². The summed E-state index contributed by atoms with van der Waals surface area (Å²) in [7, 11) is 0. The van der Waals surface area contributed by atoms with Gasteiger partial charge in [-0.05, 0) is 257 Å². The molecule has 0 aliphatic carbocycles. The highest BCUT2D eigenvalue weighted by Crippen LogP contribution is 2.46. The Morgan fingerprint density at radius 1 is 0.338 bits per heavy atom. The van der Waals surface area contributed by atoms with Crippen molar-refractivity contribution in [2.24, 2.45) is 0 Å². The van der Waals surface area contributed by atoms with Crippen molar-refractivity contribution >= 4 is 132 Å². The van der Waals surface area contributed by atoms with Crippen LogP contribution in [0.15, 0.2) is 261 Å². The number of hydrogen-bond donors (Lipinski definition) is 3. The average Bonchev–Trinajstić information content (AvgIpc) is 0.922. The molecule has 3 aliphatic heterocycles. The van der Waals surface area contributed by atoms with Crippen LogP contribution in [0.25, 0.3) is 88.1 Å². The number of aryl methyl sites for hydroxylation is 8. The molecule has 7 heterocycles. The summed E-state index contributed by atoms with van der Waals surface area (Å²) >= 11 is 25.4. The Labute approximate surface area is 864 Å². The van der Waals surface area contributed by atoms with E-state index in [-0.39, 0.29) is 51.8 Å². The number of aliphatic carboxylic acids is 2. The lowest BCUT2D eigenvalue weighted by Gasteiger charge is -2.28. The quantitative estimate of drug-likeness (QED) is 0.0352. The van der Waals surface area contributed by atoms with Crippen LogP contribution in [0.5, 0.6) is 0 Å². The monoisotopic (exact) mass is 2030 g/mol. The first-order valence-electron chi connectivity index (χ1n) is 48.8. The van der Waals surface area contributed by atoms with Crippen molar-refractivity contribution in [2.45, 2.75) is 171 Å². The molecule has 3 aliphatic rings. The molecule has 18 rings (SSSR count). The van der Waals surface area contributed by atoms with Crippen LogP contribution in [0.4, 0.5) is 14.4 Å². The van der Waals surface area contributed by atoms with Crippen molar-refractivity contribution in [3.8, 4) is 44.5 Å². The Morgan fingerprint density at radius 3 is 0.834 bits per heavy atom. The van der Waals surface area contributed by atoms with Crippen LogP contribution in [0, 0.1) is 27.7 Å². The van der Waals surface area contributed by atoms with Gasteiger partial charge < -0.3 is 48.7 Å². The number of alkyl carbamates (subject to hydrolysis) is 1. The summed E-state index contributed by atoms with van der Waals surface area (Å²) in [5.74, 6) is -2.99. The summed E-state index contributed by atoms with van der Waals surface area (Å²) in [5.41, 5.74) is 23.1. The second-order valence-corrected chi connectivity index (χ2v) is 36.9. The van der Waals surface area contributed by atoms with E-state index in [2.05, 4.69) is 91.5 Å². The van der Waals surface area contributed by atoms with Crippen molar-refractivity contribution in [3.63, 3.8) is 0 Å². The van der Waals surface area contributed by atoms with Gasteiger partial charge in [0.15, 0.2) is 24.4 Å². The number of ether oxygens (including phenoxy) is 7. The number of aromatic nitrogens is 4. The summed E-state index contributed by atoms with van der Waals surface area (Å²) in [6, 6.07) is 83.7. The molecule has 27 heteroatoms. The average molecular weight is 2030 g/mol. The molecule has 3 fully saturated rings. The first-order chi connectivity index (χ1) is 70.1. The number of benzene rings is 11. The maximum absolute atomic E-state index is 14.2. The highest BCUT2D eigenvalue weighted by molar-refractivity contribution is 6.33. The second kappa shape index (κ2) is 50.1. The zero-order chi connectivity index (χ0) is 103. The molecular formula is C118H117Cl4N7O16. The number of carbonyl (C=O) groups excluding carboxylic acids is 5. The second-order valence-electron chi connectivity index (χ2n) is 35.2. The van der Waals surface area contributed by atoms with Crippen molar-refractivity contribution < 1.29 is 76.9 Å². The van der Waals surface area contributed by atoms with E-state index in [0.717, 1.165) is 131 Å². The predicted octanol–water partition coefficient (Wildman–Crippen LogP) is 26.7. The molecule has 0 spiro atoms. The first kappa shape index (κ1) is 107. The van der Waals surface area contributed by atoms with Crippen LogP contribution in [0.1, 0.15) is 164 Å². The molecule has 7 atom stereocenters. The third-order valence-electron chi connectivity index (χ3n) is 25.7. The number of halogens is 4. The van der Waals surface area contributed by atoms with E-state index >= 15 is 0 Å². The van der Waals surface area contributed by atoms with Gasteiger partial charge in [-0.25, -0.2) is 33.8 Å². The van der Waals surface area contributed by atoms with Crippen LogP contribution >= 0.6 is 46.4 Å². The van der Waals surface area contributed by atoms with Crippen LogP contribution in [0.3, 0.4) is 0 Å². The van der Waals surface area contributed by atoms with Crippen LogP contribution in [-0.4, -0.2) is 146 Å². The van der Waals surface area contributed by atoms with Gasteiger partial charge in [-0.15, -0.1) is 0 Å². The number of amides is 5. The Hall–Kier alpha value is -13.9. The molecule has 0 radical (unpaired) electrons. The van der Waals surface area contributed by atoms with E-state index in [1.165, 1.54) is 37.6 Å². The van der Waals surface area contributed by atoms with E-state index in [0.29, 0.717) is 84.6 Å². The lowest BCUT2D eigenvalue weighted by molar-refractivity contribution is -0.151. The Kier molecular flexibility index (Phi) is 36.9. The molecule has 11 aromatic carbocycles. The number of imide groups is 2. The largest absolute Gasteiger partial charge is 0.479 e. The third kappa shape index (κ3) is 25.6. The molecule has 0 bridgehead atoms. The number of pyridine rings is 4. The van der Waals surface area contributed by atoms with Crippen molar-refractivity contribution in [2.75, 3.05) is 46.2 Å². The fourth-order valence-electron chi connectivity index (χ4n) is 18.6. The molecule has 145 heavy (non-hydrogen) atoms. The molecule has 15 aromatic rings. The molecule has 1 unspecified atom stereocenters. The highest BCUT2D eigenvalue weighted by Gasteiger charge is 2.46. The Bertz CT molecular complexity index is 6760. The maximum Gasteiger partial charge on any atom is 0.417 e. The smallest absolute Gasteiger partial charge is 0.417 e. The van der Waals surface area contributed by atoms with Crippen molar-refractivity contribution in [1.82, 2.24) is 35.1 Å². The summed E-state index contributed by atoms with van der Waals surface area (Å²) in [6.45, 7) is 24.9. The van der Waals surface area contributed by atoms with Crippen molar-refractivity contribution in [3.05, 3.63) is 365 Å². The third-order valence-corrected chi connectivity index (χ3v) is 26.6. The SMILES string of the molecule is CCOC(C(=O)O)c1c(C)nc2ccc(Cl)cc2c1-c1ccc(CC)cc1.CCO[C@@H](C(=O)N1C(=O)OC[C@H]1Cc1ccccc1)c1c(C)nc2ccc(Cl)cc2c1-c1ccc(CC)cc1.CCO[C@H](C(=O)N1C(=O)OC[C@H]1Cc1ccccc1)c1c(C)nc2ccc(Cl)cc2c1-c1ccc(CC)cc1.CCO[C@H](C(=O)O)c1c(C)nc2ccc(Cl)cc2c1-c1ccc(CC)cc1.O=C1N[C@H](Cc2ccccc2)CO1. The topological polar surface area (TPSA) is 295 Å². The standard InChI is InChI=1S/2C32H31ClN2O4.2C22H22ClNO3.C10H11NO2/c2*1-4-21-11-13-23(14-12-21)29-26-18-24(33)15-16-27(26)34-20(3)28(29)30(38-5-2)31(36)35-25(19-39-32(35)37)17-22-9-7-6-8-10-22;2*1-4-14-6-8-15(9-7-14)20-17-12-16(23)10-11-18(17)24-13(3)19(20)21(22(25)26)27-5-2;12-10-11-9(7-13-10)6-8-4-2-1-3-5-8/h2*6-16,18,25,30H,4-5,17,19H2,1-3H3;2*6-12,21H,4-5H2,1-3H3,(H,25,26);1-5,9H,6-7H2,(H,11,12)/t25-,30+;25-,30-;21-;;9-/m110.1/s1. The first-order valence-corrected chi connectivity index (χ1v) is 50.3. The van der Waals surface area contributed by atoms with Gasteiger partial charge in [0.25, 0.3) is 11.8 Å². The highest BCUT2D eigenvalue weighted by atomic mass is 35.5. The molecule has 5 amide bonds. The lowest BCUT2D eigenvalue weighted by Crippen LogP contribution is -2.43. The number of carbonyl (C=O) groups is 7. The van der Waals surface area contributed by atoms with Gasteiger partial charge in [-0.1, -0.05) is 262 Å². The Balaban J connectivity index is 0.000000148. The zero-order valence-corrected chi connectivity index (χ0v) is 86.1. The van der Waals surface area contributed by atoms with Gasteiger partial charge in [0, 0.05) is 113 Å². The minimum absolute atomic E-state index is 0.133. The lowest BCUT2D eigenvalue weighted by atomic mass is 9.90. The summed E-state index contributed by atoms with van der Waals surface area (Å²) in [5, 5.41) is 27.9. The summed E-state index contributed by atoms with van der Waals surface area (Å²) in [6.07, 6.45) is -0.400. The van der Waals surface area contributed by atoms with E-state index < -0.39 is 72.4 Å². The number of fused-ring (bicyclic) bond motifs is 4. The summed E-state index contributed by atoms with van der Waals surface area (Å²) in [4.78, 5) is 110. The van der Waals surface area contributed by atoms with Gasteiger partial charge in [0.2, 0.25) is 0 Å². The molecule has 748 valence electrons. The van der Waals surface area contributed by atoms with E-state index in [1.807, 2.05) is 230 Å².